The molecular weight excluding hydrogens is 272 g/mol. The van der Waals surface area contributed by atoms with Crippen molar-refractivity contribution in [3.8, 4) is 0 Å². The molecule has 0 aromatic carbocycles. The van der Waals surface area contributed by atoms with Gasteiger partial charge in [0.15, 0.2) is 5.82 Å². The minimum absolute atomic E-state index is 0.426. The number of hydrogen-bond donors (Lipinski definition) is 2. The average Bonchev–Trinajstić information content (AvgIpc) is 2.91. The number of imidazole rings is 1. The van der Waals surface area contributed by atoms with E-state index in [1.54, 1.807) is 0 Å². The van der Waals surface area contributed by atoms with Crippen molar-refractivity contribution in [2.45, 2.75) is 71.6 Å². The van der Waals surface area contributed by atoms with Crippen molar-refractivity contribution in [3.63, 3.8) is 0 Å². The van der Waals surface area contributed by atoms with Crippen LogP contribution in [0.3, 0.4) is 0 Å². The topological polar surface area (TPSA) is 67.6 Å². The Bertz CT molecular complexity index is 671. The Hall–Kier alpha value is -1.58. The molecule has 0 aliphatic heterocycles. The van der Waals surface area contributed by atoms with Crippen molar-refractivity contribution in [1.82, 2.24) is 15.0 Å². The van der Waals surface area contributed by atoms with Crippen LogP contribution in [-0.4, -0.2) is 15.0 Å². The summed E-state index contributed by atoms with van der Waals surface area (Å²) in [4.78, 5) is 13.0. The molecule has 0 amide bonds. The van der Waals surface area contributed by atoms with Crippen LogP contribution < -0.4 is 5.73 Å². The molecule has 0 bridgehead atoms. The molecule has 1 aliphatic rings. The number of aromatic nitrogens is 3. The van der Waals surface area contributed by atoms with E-state index < -0.39 is 0 Å². The van der Waals surface area contributed by atoms with E-state index in [-0.39, 0.29) is 0 Å². The molecule has 4 heteroatoms. The fraction of sp³-hybridized carbons (Fsp3) is 0.667. The third-order valence-electron chi connectivity index (χ3n) is 5.01. The zero-order valence-corrected chi connectivity index (χ0v) is 14.2. The highest BCUT2D eigenvalue weighted by Crippen LogP contribution is 2.40. The maximum Gasteiger partial charge on any atom is 0.151 e. The Balaban J connectivity index is 2.17. The van der Waals surface area contributed by atoms with Crippen LogP contribution in [0.2, 0.25) is 0 Å². The number of aromatic amines is 1. The molecule has 2 aromatic rings. The summed E-state index contributed by atoms with van der Waals surface area (Å²) >= 11 is 0. The van der Waals surface area contributed by atoms with Gasteiger partial charge in [-0.05, 0) is 43.9 Å². The average molecular weight is 300 g/mol. The van der Waals surface area contributed by atoms with Gasteiger partial charge in [-0.1, -0.05) is 27.7 Å². The summed E-state index contributed by atoms with van der Waals surface area (Å²) in [5.41, 5.74) is 10.8. The first-order valence-corrected chi connectivity index (χ1v) is 8.69. The number of fused-ring (bicyclic) bond motifs is 3. The van der Waals surface area contributed by atoms with Gasteiger partial charge in [0, 0.05) is 17.2 Å². The largest absolute Gasteiger partial charge is 0.382 e. The molecule has 3 N–H and O–H groups in total. The number of nitrogens with one attached hydrogen (secondary N) is 1. The zero-order valence-electron chi connectivity index (χ0n) is 14.2. The van der Waals surface area contributed by atoms with Crippen molar-refractivity contribution < 1.29 is 0 Å². The van der Waals surface area contributed by atoms with Crippen LogP contribution in [-0.2, 0) is 6.42 Å². The molecule has 120 valence electrons. The van der Waals surface area contributed by atoms with Gasteiger partial charge in [-0.2, -0.15) is 0 Å². The molecule has 0 radical (unpaired) electrons. The Morgan fingerprint density at radius 3 is 2.73 bits per heavy atom. The smallest absolute Gasteiger partial charge is 0.151 e. The number of nitrogens with zero attached hydrogens (tertiary/aromatic N) is 2. The highest BCUT2D eigenvalue weighted by Gasteiger charge is 2.27. The summed E-state index contributed by atoms with van der Waals surface area (Å²) < 4.78 is 0. The Kier molecular flexibility index (Phi) is 4.11. The molecule has 2 heterocycles. The van der Waals surface area contributed by atoms with Gasteiger partial charge in [-0.3, -0.25) is 0 Å². The molecule has 0 spiro atoms. The van der Waals surface area contributed by atoms with Gasteiger partial charge in [-0.15, -0.1) is 0 Å². The molecule has 0 saturated heterocycles. The highest BCUT2D eigenvalue weighted by molar-refractivity contribution is 5.88. The molecule has 1 aliphatic carbocycles. The van der Waals surface area contributed by atoms with E-state index in [4.69, 9.17) is 15.7 Å². The quantitative estimate of drug-likeness (QED) is 0.872. The number of pyridine rings is 1. The maximum absolute atomic E-state index is 6.19. The van der Waals surface area contributed by atoms with E-state index >= 15 is 0 Å². The molecule has 2 unspecified atom stereocenters. The highest BCUT2D eigenvalue weighted by atomic mass is 15.0. The lowest BCUT2D eigenvalue weighted by Crippen LogP contribution is -2.15. The fourth-order valence-corrected chi connectivity index (χ4v) is 3.70. The Labute approximate surface area is 132 Å². The number of H-pyrrole nitrogens is 1. The summed E-state index contributed by atoms with van der Waals surface area (Å²) in [5.74, 6) is 3.35. The number of anilines is 1. The predicted octanol–water partition coefficient (Wildman–Crippen LogP) is 4.52. The van der Waals surface area contributed by atoms with Gasteiger partial charge in [0.2, 0.25) is 0 Å². The van der Waals surface area contributed by atoms with Crippen LogP contribution in [0.25, 0.3) is 11.0 Å². The van der Waals surface area contributed by atoms with Crippen LogP contribution in [0.1, 0.15) is 82.3 Å². The molecule has 22 heavy (non-hydrogen) atoms. The Morgan fingerprint density at radius 2 is 2.05 bits per heavy atom. The zero-order chi connectivity index (χ0) is 15.9. The summed E-state index contributed by atoms with van der Waals surface area (Å²) in [7, 11) is 0. The Morgan fingerprint density at radius 1 is 1.27 bits per heavy atom. The van der Waals surface area contributed by atoms with E-state index in [0.717, 1.165) is 29.7 Å². The van der Waals surface area contributed by atoms with Crippen molar-refractivity contribution in [3.05, 3.63) is 17.1 Å². The van der Waals surface area contributed by atoms with Gasteiger partial charge >= 0.3 is 0 Å². The van der Waals surface area contributed by atoms with Crippen LogP contribution in [0, 0.1) is 5.92 Å². The lowest BCUT2D eigenvalue weighted by Gasteiger charge is -2.26. The number of aryl methyl sites for hydroxylation is 1. The number of hydrogen-bond acceptors (Lipinski definition) is 3. The van der Waals surface area contributed by atoms with Gasteiger partial charge in [-0.25, -0.2) is 9.97 Å². The van der Waals surface area contributed by atoms with Crippen LogP contribution in [0.4, 0.5) is 5.82 Å². The second-order valence-corrected chi connectivity index (χ2v) is 7.23. The van der Waals surface area contributed by atoms with Crippen LogP contribution in [0.15, 0.2) is 0 Å². The fourth-order valence-electron chi connectivity index (χ4n) is 3.70. The van der Waals surface area contributed by atoms with Crippen molar-refractivity contribution in [2.24, 2.45) is 5.92 Å². The first-order valence-electron chi connectivity index (χ1n) is 8.69. The SMILES string of the molecule is CCC(C)c1nc2c(N)nc3c(c2[nH]1)C(CC(C)C)CCC3. The molecule has 4 nitrogen and oxygen atoms in total. The van der Waals surface area contributed by atoms with E-state index in [2.05, 4.69) is 32.7 Å². The van der Waals surface area contributed by atoms with E-state index in [9.17, 15) is 0 Å². The standard InChI is InChI=1S/C18H28N4/c1-5-11(4)18-21-15-14-12(9-10(2)3)7-6-8-13(14)20-17(19)16(15)22-18/h10-12H,5-9H2,1-4H3,(H2,19,20)(H,21,22). The predicted molar refractivity (Wildman–Crippen MR) is 92.1 cm³/mol. The van der Waals surface area contributed by atoms with Gasteiger partial charge in [0.25, 0.3) is 0 Å². The summed E-state index contributed by atoms with van der Waals surface area (Å²) in [6.45, 7) is 9.00. The third-order valence-corrected chi connectivity index (χ3v) is 5.01. The molecule has 2 aromatic heterocycles. The normalized spacial score (nSPS) is 19.6. The first kappa shape index (κ1) is 15.3. The second-order valence-electron chi connectivity index (χ2n) is 7.23. The first-order chi connectivity index (χ1) is 10.5. The van der Waals surface area contributed by atoms with Crippen molar-refractivity contribution in [2.75, 3.05) is 5.73 Å². The summed E-state index contributed by atoms with van der Waals surface area (Å²) in [5, 5.41) is 0. The van der Waals surface area contributed by atoms with Gasteiger partial charge in [0.1, 0.15) is 11.3 Å². The minimum atomic E-state index is 0.426. The molecule has 0 saturated carbocycles. The summed E-state index contributed by atoms with van der Waals surface area (Å²) in [6, 6.07) is 0. The number of nitrogen functional groups attached to an aromatic ring is 1. The molecule has 0 fully saturated rings. The number of rotatable bonds is 4. The second kappa shape index (κ2) is 5.90. The van der Waals surface area contributed by atoms with Gasteiger partial charge < -0.3 is 10.7 Å². The van der Waals surface area contributed by atoms with Gasteiger partial charge in [0.05, 0.1) is 5.52 Å². The number of nitrogens with two attached hydrogens (primary N) is 1. The summed E-state index contributed by atoms with van der Waals surface area (Å²) in [6.07, 6.45) is 5.80. The lowest BCUT2D eigenvalue weighted by atomic mass is 9.80. The maximum atomic E-state index is 6.19. The van der Waals surface area contributed by atoms with E-state index in [0.29, 0.717) is 23.6 Å². The third kappa shape index (κ3) is 2.59. The van der Waals surface area contributed by atoms with Crippen molar-refractivity contribution >= 4 is 16.9 Å². The van der Waals surface area contributed by atoms with E-state index in [1.807, 2.05) is 0 Å². The van der Waals surface area contributed by atoms with E-state index in [1.165, 1.54) is 30.5 Å². The minimum Gasteiger partial charge on any atom is -0.382 e. The van der Waals surface area contributed by atoms with Crippen molar-refractivity contribution in [1.29, 1.82) is 0 Å². The molecular formula is C18H28N4. The van der Waals surface area contributed by atoms with Crippen LogP contribution in [0.5, 0.6) is 0 Å². The molecule has 3 rings (SSSR count). The lowest BCUT2D eigenvalue weighted by molar-refractivity contribution is 0.446. The molecule has 2 atom stereocenters. The van der Waals surface area contributed by atoms with Crippen LogP contribution >= 0.6 is 0 Å². The monoisotopic (exact) mass is 300 g/mol.